The van der Waals surface area contributed by atoms with Crippen LogP contribution in [0.5, 0.6) is 0 Å². The Morgan fingerprint density at radius 3 is 1.38 bits per heavy atom. The molecule has 2 saturated heterocycles. The van der Waals surface area contributed by atoms with Crippen LogP contribution in [0.25, 0.3) is 0 Å². The van der Waals surface area contributed by atoms with Gasteiger partial charge in [0.25, 0.3) is 0 Å². The summed E-state index contributed by atoms with van der Waals surface area (Å²) in [7, 11) is -13.6. The Kier molecular flexibility index (Phi) is 18.5. The highest BCUT2D eigenvalue weighted by Gasteiger charge is 2.57. The molecule has 2 aliphatic rings. The minimum Gasteiger partial charge on any atom is -0.463 e. The van der Waals surface area contributed by atoms with E-state index in [2.05, 4.69) is 124 Å². The summed E-state index contributed by atoms with van der Waals surface area (Å²) in [6.45, 7) is 45.4. The summed E-state index contributed by atoms with van der Waals surface area (Å²) in [6.07, 6.45) is -5.77. The van der Waals surface area contributed by atoms with Crippen LogP contribution in [-0.2, 0) is 55.1 Å². The van der Waals surface area contributed by atoms with Crippen LogP contribution in [0.3, 0.4) is 0 Å². The van der Waals surface area contributed by atoms with E-state index in [1.54, 1.807) is 11.0 Å². The van der Waals surface area contributed by atoms with E-state index < -0.39 is 117 Å². The summed E-state index contributed by atoms with van der Waals surface area (Å²) >= 11 is 0. The van der Waals surface area contributed by atoms with Crippen molar-refractivity contribution in [1.29, 1.82) is 0 Å². The fourth-order valence-electron chi connectivity index (χ4n) is 6.51. The third-order valence-corrected chi connectivity index (χ3v) is 14.0. The molecule has 2 aliphatic heterocycles. The SMILES string of the molecule is C=CCN(C(C)=O)[C@@H]1OC(CO[Si](C)(C)C)[C@H](O[C@H]2OC(COC(C)=O)[C@@H](O[Si](C)(C)C)C(O[Si](C)(C)C)[C@@H]2O[Si](C)(C)C)C(O[Si](C)(C)C)C1O[Si](C)(C)C. The lowest BCUT2D eigenvalue weighted by molar-refractivity contribution is -0.339. The van der Waals surface area contributed by atoms with Gasteiger partial charge in [0.1, 0.15) is 55.4 Å². The van der Waals surface area contributed by atoms with Crippen LogP contribution in [0.15, 0.2) is 12.7 Å². The third-order valence-electron chi connectivity index (χ3n) is 8.11. The molecular formula is C37H79NO12Si6. The monoisotopic (exact) mass is 897 g/mol. The molecule has 0 aliphatic carbocycles. The maximum atomic E-state index is 13.3. The number of carbonyl (C=O) groups excluding carboxylic acids is 2. The standard InChI is InChI=1S/C37H79NO12Si6/c1-22-23-38(26(2)39)36-34(49-55(16,17)18)32(47-53(10,11)12)30(29(43-36)25-42-51(4,5)6)45-37-35(50-56(19,20)21)33(48-54(13,14)15)31(46-52(7,8)9)28(44-37)24-41-27(3)40/h22,28-37H,1,23-25H2,2-21H3/t28?,29?,30-,31+,32?,33?,34?,35-,36+,37+/m0/s1. The fourth-order valence-corrected chi connectivity index (χ4v) is 12.6. The maximum Gasteiger partial charge on any atom is 0.302 e. The van der Waals surface area contributed by atoms with Crippen molar-refractivity contribution in [2.75, 3.05) is 19.8 Å². The molecule has 2 heterocycles. The second-order valence-corrected chi connectivity index (χ2v) is 47.7. The quantitative estimate of drug-likeness (QED) is 0.0688. The molecule has 0 saturated carbocycles. The van der Waals surface area contributed by atoms with Gasteiger partial charge in [0.05, 0.1) is 6.61 Å². The Hall–Kier alpha value is -0.379. The molecule has 2 fully saturated rings. The molecule has 0 bridgehead atoms. The van der Waals surface area contributed by atoms with Gasteiger partial charge in [0, 0.05) is 20.4 Å². The van der Waals surface area contributed by atoms with Crippen molar-refractivity contribution in [3.8, 4) is 0 Å². The number of esters is 1. The van der Waals surface area contributed by atoms with Crippen molar-refractivity contribution in [3.63, 3.8) is 0 Å². The summed E-state index contributed by atoms with van der Waals surface area (Å²) in [4.78, 5) is 27.3. The first-order valence-corrected chi connectivity index (χ1v) is 40.6. The third kappa shape index (κ3) is 18.1. The molecule has 0 aromatic rings. The molecule has 10 atom stereocenters. The molecule has 56 heavy (non-hydrogen) atoms. The number of ether oxygens (including phenoxy) is 4. The molecular weight excluding hydrogens is 819 g/mol. The minimum absolute atomic E-state index is 0.0632. The number of rotatable bonds is 20. The number of hydrogen-bond acceptors (Lipinski definition) is 12. The van der Waals surface area contributed by atoms with Gasteiger partial charge in [-0.3, -0.25) is 9.59 Å². The lowest BCUT2D eigenvalue weighted by Crippen LogP contribution is -2.71. The predicted molar refractivity (Wildman–Crippen MR) is 237 cm³/mol. The van der Waals surface area contributed by atoms with Gasteiger partial charge in [-0.25, -0.2) is 0 Å². The molecule has 0 N–H and O–H groups in total. The zero-order chi connectivity index (χ0) is 43.4. The van der Waals surface area contributed by atoms with Gasteiger partial charge in [-0.2, -0.15) is 0 Å². The molecule has 13 nitrogen and oxygen atoms in total. The van der Waals surface area contributed by atoms with E-state index in [0.717, 1.165) is 0 Å². The van der Waals surface area contributed by atoms with Crippen LogP contribution >= 0.6 is 0 Å². The van der Waals surface area contributed by atoms with E-state index in [4.69, 9.17) is 45.5 Å². The largest absolute Gasteiger partial charge is 0.463 e. The van der Waals surface area contributed by atoms with Gasteiger partial charge in [-0.15, -0.1) is 6.58 Å². The van der Waals surface area contributed by atoms with Gasteiger partial charge < -0.3 is 50.4 Å². The second kappa shape index (κ2) is 20.0. The summed E-state index contributed by atoms with van der Waals surface area (Å²) in [6, 6.07) is 0. The van der Waals surface area contributed by atoms with Crippen molar-refractivity contribution in [3.05, 3.63) is 12.7 Å². The van der Waals surface area contributed by atoms with Crippen molar-refractivity contribution in [1.82, 2.24) is 4.90 Å². The van der Waals surface area contributed by atoms with E-state index in [1.165, 1.54) is 13.8 Å². The average Bonchev–Trinajstić information content (AvgIpc) is 2.95. The number of hydrogen-bond donors (Lipinski definition) is 0. The summed E-state index contributed by atoms with van der Waals surface area (Å²) in [5.74, 6) is -0.608. The van der Waals surface area contributed by atoms with Crippen molar-refractivity contribution < 1.29 is 55.1 Å². The first-order chi connectivity index (χ1) is 25.1. The van der Waals surface area contributed by atoms with E-state index in [0.29, 0.717) is 0 Å². The van der Waals surface area contributed by atoms with Crippen LogP contribution < -0.4 is 0 Å². The number of nitrogens with zero attached hydrogens (tertiary/aromatic N) is 1. The highest BCUT2D eigenvalue weighted by atomic mass is 28.4. The molecule has 0 radical (unpaired) electrons. The van der Waals surface area contributed by atoms with Crippen LogP contribution in [0.4, 0.5) is 0 Å². The van der Waals surface area contributed by atoms with Crippen LogP contribution in [-0.4, -0.2) is 148 Å². The first kappa shape index (κ1) is 51.8. The van der Waals surface area contributed by atoms with Crippen molar-refractivity contribution in [2.24, 2.45) is 0 Å². The summed E-state index contributed by atoms with van der Waals surface area (Å²) in [5.41, 5.74) is 0. The number of carbonyl (C=O) groups is 2. The molecule has 0 aromatic heterocycles. The minimum atomic E-state index is -2.36. The molecule has 2 rings (SSSR count). The highest BCUT2D eigenvalue weighted by Crippen LogP contribution is 2.39. The summed E-state index contributed by atoms with van der Waals surface area (Å²) < 4.78 is 68.7. The van der Waals surface area contributed by atoms with E-state index >= 15 is 0 Å². The highest BCUT2D eigenvalue weighted by molar-refractivity contribution is 6.71. The molecule has 0 spiro atoms. The Bertz CT molecular complexity index is 1290. The van der Waals surface area contributed by atoms with Gasteiger partial charge in [-0.05, 0) is 118 Å². The van der Waals surface area contributed by atoms with Gasteiger partial charge >= 0.3 is 5.97 Å². The summed E-state index contributed by atoms with van der Waals surface area (Å²) in [5, 5.41) is 0. The molecule has 5 unspecified atom stereocenters. The van der Waals surface area contributed by atoms with Crippen LogP contribution in [0, 0.1) is 0 Å². The fraction of sp³-hybridized carbons (Fsp3) is 0.892. The Labute approximate surface area is 345 Å². The lowest BCUT2D eigenvalue weighted by Gasteiger charge is -2.54. The lowest BCUT2D eigenvalue weighted by atomic mass is 9.96. The topological polar surface area (TPSA) is 130 Å². The van der Waals surface area contributed by atoms with E-state index in [1.807, 2.05) is 0 Å². The van der Waals surface area contributed by atoms with Crippen molar-refractivity contribution >= 4 is 61.8 Å². The zero-order valence-corrected chi connectivity index (χ0v) is 44.5. The van der Waals surface area contributed by atoms with E-state index in [-0.39, 0.29) is 25.7 Å². The Morgan fingerprint density at radius 1 is 0.554 bits per heavy atom. The zero-order valence-electron chi connectivity index (χ0n) is 38.5. The van der Waals surface area contributed by atoms with Crippen molar-refractivity contribution in [2.45, 2.75) is 193 Å². The molecule has 1 amide bonds. The Morgan fingerprint density at radius 2 is 0.964 bits per heavy atom. The van der Waals surface area contributed by atoms with Gasteiger partial charge in [0.15, 0.2) is 62.4 Å². The normalized spacial score (nSPS) is 29.9. The molecule has 19 heteroatoms. The predicted octanol–water partition coefficient (Wildman–Crippen LogP) is 7.37. The van der Waals surface area contributed by atoms with Crippen LogP contribution in [0.1, 0.15) is 13.8 Å². The smallest absolute Gasteiger partial charge is 0.302 e. The van der Waals surface area contributed by atoms with Gasteiger partial charge in [0.2, 0.25) is 5.91 Å². The molecule has 0 aromatic carbocycles. The maximum absolute atomic E-state index is 13.3. The molecule has 328 valence electrons. The number of amides is 1. The second-order valence-electron chi connectivity index (χ2n) is 20.9. The first-order valence-electron chi connectivity index (χ1n) is 20.1. The van der Waals surface area contributed by atoms with Gasteiger partial charge in [-0.1, -0.05) is 6.08 Å². The Balaban J connectivity index is 2.97. The van der Waals surface area contributed by atoms with Crippen LogP contribution in [0.2, 0.25) is 118 Å². The average molecular weight is 899 g/mol. The van der Waals surface area contributed by atoms with E-state index in [9.17, 15) is 9.59 Å².